The van der Waals surface area contributed by atoms with Crippen molar-refractivity contribution in [2.75, 3.05) is 6.61 Å². The van der Waals surface area contributed by atoms with E-state index in [2.05, 4.69) is 6.58 Å². The Balaban J connectivity index is 2.15. The highest BCUT2D eigenvalue weighted by Crippen LogP contribution is 2.21. The molecular formula is C17H13O4S-. The van der Waals surface area contributed by atoms with Crippen LogP contribution in [0.3, 0.4) is 0 Å². The van der Waals surface area contributed by atoms with Gasteiger partial charge in [0.2, 0.25) is 0 Å². The lowest BCUT2D eigenvalue weighted by molar-refractivity contribution is -0.254. The number of thiophene rings is 1. The maximum absolute atomic E-state index is 12.0. The zero-order chi connectivity index (χ0) is 15.9. The maximum atomic E-state index is 12.0. The van der Waals surface area contributed by atoms with Gasteiger partial charge in [0, 0.05) is 5.56 Å². The number of ether oxygens (including phenoxy) is 1. The molecule has 1 aromatic carbocycles. The standard InChI is InChI=1S/C17H14O4S/c1-2-11-21-14-6-4-3-5-12(14)7-8-13(18)15-9-10-16(22-15)17(19)20/h2-10H,1,11H2,(H,19,20)/p-1/b8-7+. The number of benzene rings is 1. The summed E-state index contributed by atoms with van der Waals surface area (Å²) < 4.78 is 5.50. The third-order valence-electron chi connectivity index (χ3n) is 2.74. The van der Waals surface area contributed by atoms with Crippen LogP contribution in [-0.2, 0) is 0 Å². The van der Waals surface area contributed by atoms with Crippen LogP contribution in [0.15, 0.2) is 55.1 Å². The summed E-state index contributed by atoms with van der Waals surface area (Å²) >= 11 is 0.895. The highest BCUT2D eigenvalue weighted by Gasteiger charge is 2.07. The van der Waals surface area contributed by atoms with E-state index >= 15 is 0 Å². The molecule has 2 aromatic rings. The van der Waals surface area contributed by atoms with Gasteiger partial charge < -0.3 is 14.6 Å². The van der Waals surface area contributed by atoms with Gasteiger partial charge in [-0.2, -0.15) is 0 Å². The summed E-state index contributed by atoms with van der Waals surface area (Å²) in [6.07, 6.45) is 4.67. The van der Waals surface area contributed by atoms with E-state index in [4.69, 9.17) is 4.74 Å². The minimum atomic E-state index is -1.28. The third kappa shape index (κ3) is 3.93. The topological polar surface area (TPSA) is 66.4 Å². The second kappa shape index (κ2) is 7.38. The van der Waals surface area contributed by atoms with E-state index in [0.29, 0.717) is 17.2 Å². The van der Waals surface area contributed by atoms with Gasteiger partial charge in [-0.25, -0.2) is 0 Å². The van der Waals surface area contributed by atoms with Crippen molar-refractivity contribution < 1.29 is 19.4 Å². The van der Waals surface area contributed by atoms with Crippen LogP contribution in [-0.4, -0.2) is 18.4 Å². The summed E-state index contributed by atoms with van der Waals surface area (Å²) in [5, 5.41) is 10.7. The minimum absolute atomic E-state index is 0.0338. The van der Waals surface area contributed by atoms with Crippen LogP contribution >= 0.6 is 11.3 Å². The predicted molar refractivity (Wildman–Crippen MR) is 84.1 cm³/mol. The first-order chi connectivity index (χ1) is 10.6. The quantitative estimate of drug-likeness (QED) is 0.448. The Labute approximate surface area is 132 Å². The number of hydrogen-bond donors (Lipinski definition) is 0. The van der Waals surface area contributed by atoms with Gasteiger partial charge in [-0.1, -0.05) is 30.9 Å². The normalized spacial score (nSPS) is 10.5. The third-order valence-corrected chi connectivity index (χ3v) is 3.82. The Morgan fingerprint density at radius 2 is 1.91 bits per heavy atom. The molecule has 0 amide bonds. The van der Waals surface area contributed by atoms with Gasteiger partial charge in [-0.3, -0.25) is 4.79 Å². The molecule has 0 fully saturated rings. The first kappa shape index (κ1) is 15.7. The summed E-state index contributed by atoms with van der Waals surface area (Å²) in [6, 6.07) is 10.1. The molecule has 0 aliphatic carbocycles. The monoisotopic (exact) mass is 313 g/mol. The first-order valence-electron chi connectivity index (χ1n) is 6.48. The Morgan fingerprint density at radius 3 is 2.59 bits per heavy atom. The van der Waals surface area contributed by atoms with Crippen molar-refractivity contribution in [3.63, 3.8) is 0 Å². The molecule has 1 heterocycles. The summed E-state index contributed by atoms with van der Waals surface area (Å²) in [5.41, 5.74) is 0.759. The van der Waals surface area contributed by atoms with E-state index in [1.54, 1.807) is 18.2 Å². The fourth-order valence-electron chi connectivity index (χ4n) is 1.73. The van der Waals surface area contributed by atoms with Crippen molar-refractivity contribution in [3.05, 3.63) is 70.4 Å². The molecule has 22 heavy (non-hydrogen) atoms. The Morgan fingerprint density at radius 1 is 1.18 bits per heavy atom. The molecule has 0 unspecified atom stereocenters. The number of para-hydroxylation sites is 1. The average molecular weight is 313 g/mol. The van der Waals surface area contributed by atoms with Crippen LogP contribution in [0.5, 0.6) is 5.75 Å². The number of aromatic carboxylic acids is 1. The average Bonchev–Trinajstić information content (AvgIpc) is 3.01. The minimum Gasteiger partial charge on any atom is -0.544 e. The zero-order valence-corrected chi connectivity index (χ0v) is 12.5. The molecule has 0 aliphatic rings. The zero-order valence-electron chi connectivity index (χ0n) is 11.7. The number of hydrogen-bond acceptors (Lipinski definition) is 5. The molecule has 5 heteroatoms. The second-order valence-corrected chi connectivity index (χ2v) is 5.37. The lowest BCUT2D eigenvalue weighted by atomic mass is 10.1. The molecule has 1 aromatic heterocycles. The molecule has 0 saturated heterocycles. The van der Waals surface area contributed by atoms with Crippen molar-refractivity contribution in [2.24, 2.45) is 0 Å². The summed E-state index contributed by atoms with van der Waals surface area (Å²) in [4.78, 5) is 23.1. The van der Waals surface area contributed by atoms with E-state index in [-0.39, 0.29) is 10.7 Å². The Bertz CT molecular complexity index is 728. The lowest BCUT2D eigenvalue weighted by Crippen LogP contribution is -2.20. The van der Waals surface area contributed by atoms with Crippen molar-refractivity contribution in [3.8, 4) is 5.75 Å². The predicted octanol–water partition coefficient (Wildman–Crippen LogP) is 2.57. The number of allylic oxidation sites excluding steroid dienone is 1. The number of carbonyl (C=O) groups excluding carboxylic acids is 2. The number of ketones is 1. The van der Waals surface area contributed by atoms with Gasteiger partial charge in [-0.05, 0) is 30.4 Å². The molecular weight excluding hydrogens is 300 g/mol. The molecule has 2 rings (SSSR count). The number of carboxylic acids is 1. The smallest absolute Gasteiger partial charge is 0.195 e. The summed E-state index contributed by atoms with van der Waals surface area (Å²) in [7, 11) is 0. The molecule has 0 bridgehead atoms. The number of carbonyl (C=O) groups is 2. The Kier molecular flexibility index (Phi) is 5.27. The second-order valence-electron chi connectivity index (χ2n) is 4.29. The van der Waals surface area contributed by atoms with Gasteiger partial charge in [0.1, 0.15) is 12.4 Å². The van der Waals surface area contributed by atoms with Crippen molar-refractivity contribution >= 4 is 29.2 Å². The van der Waals surface area contributed by atoms with Gasteiger partial charge >= 0.3 is 0 Å². The van der Waals surface area contributed by atoms with E-state index in [1.165, 1.54) is 18.2 Å². The molecule has 0 atom stereocenters. The van der Waals surface area contributed by atoms with Gasteiger partial charge in [0.25, 0.3) is 0 Å². The molecule has 4 nitrogen and oxygen atoms in total. The Hall–Kier alpha value is -2.66. The van der Waals surface area contributed by atoms with Crippen LogP contribution in [0.2, 0.25) is 0 Å². The largest absolute Gasteiger partial charge is 0.544 e. The first-order valence-corrected chi connectivity index (χ1v) is 7.30. The number of rotatable bonds is 7. The molecule has 0 aliphatic heterocycles. The molecule has 0 N–H and O–H groups in total. The summed E-state index contributed by atoms with van der Waals surface area (Å²) in [5.74, 6) is -0.903. The molecule has 0 spiro atoms. The van der Waals surface area contributed by atoms with E-state index in [1.807, 2.05) is 18.2 Å². The van der Waals surface area contributed by atoms with Crippen LogP contribution < -0.4 is 9.84 Å². The highest BCUT2D eigenvalue weighted by atomic mass is 32.1. The van der Waals surface area contributed by atoms with Crippen LogP contribution in [0.1, 0.15) is 24.9 Å². The van der Waals surface area contributed by atoms with Gasteiger partial charge in [0.15, 0.2) is 5.78 Å². The van der Waals surface area contributed by atoms with Crippen LogP contribution in [0.4, 0.5) is 0 Å². The van der Waals surface area contributed by atoms with Crippen molar-refractivity contribution in [1.29, 1.82) is 0 Å². The molecule has 0 radical (unpaired) electrons. The van der Waals surface area contributed by atoms with Crippen molar-refractivity contribution in [2.45, 2.75) is 0 Å². The fraction of sp³-hybridized carbons (Fsp3) is 0.0588. The molecule has 112 valence electrons. The van der Waals surface area contributed by atoms with Crippen LogP contribution in [0, 0.1) is 0 Å². The van der Waals surface area contributed by atoms with E-state index in [0.717, 1.165) is 16.9 Å². The van der Waals surface area contributed by atoms with Gasteiger partial charge in [-0.15, -0.1) is 11.3 Å². The van der Waals surface area contributed by atoms with E-state index < -0.39 is 5.97 Å². The summed E-state index contributed by atoms with van der Waals surface area (Å²) in [6.45, 7) is 3.96. The highest BCUT2D eigenvalue weighted by molar-refractivity contribution is 7.16. The molecule has 0 saturated carbocycles. The van der Waals surface area contributed by atoms with E-state index in [9.17, 15) is 14.7 Å². The van der Waals surface area contributed by atoms with Crippen molar-refractivity contribution in [1.82, 2.24) is 0 Å². The lowest BCUT2D eigenvalue weighted by Gasteiger charge is -2.06. The fourth-order valence-corrected chi connectivity index (χ4v) is 2.49. The maximum Gasteiger partial charge on any atom is 0.195 e. The van der Waals surface area contributed by atoms with Crippen LogP contribution in [0.25, 0.3) is 6.08 Å². The van der Waals surface area contributed by atoms with Gasteiger partial charge in [0.05, 0.1) is 15.7 Å². The SMILES string of the molecule is C=CCOc1ccccc1/C=C/C(=O)c1ccc(C(=O)[O-])s1. The number of carboxylic acid groups (broad SMARTS) is 1.